The average molecular weight is 1360 g/mol. The molecule has 0 spiro atoms. The summed E-state index contributed by atoms with van der Waals surface area (Å²) in [6.45, 7) is 36.5. The summed E-state index contributed by atoms with van der Waals surface area (Å²) in [5.74, 6) is 0. The summed E-state index contributed by atoms with van der Waals surface area (Å²) in [5.41, 5.74) is 22.3. The van der Waals surface area contributed by atoms with Gasteiger partial charge < -0.3 is 24.8 Å². The molecular weight excluding hydrogens is 1270 g/mol. The van der Waals surface area contributed by atoms with Crippen LogP contribution in [0.5, 0.6) is 0 Å². The van der Waals surface area contributed by atoms with E-state index in [1.54, 1.807) is 46.7 Å². The van der Waals surface area contributed by atoms with Crippen molar-refractivity contribution in [2.75, 3.05) is 0 Å². The number of fused-ring (bicyclic) bond motifs is 6. The van der Waals surface area contributed by atoms with E-state index in [9.17, 15) is 0 Å². The van der Waals surface area contributed by atoms with Gasteiger partial charge in [-0.15, -0.1) is 46.2 Å². The molecule has 0 radical (unpaired) electrons. The fraction of sp³-hybridized carbons (Fsp3) is 0.300. The summed E-state index contributed by atoms with van der Waals surface area (Å²) in [5, 5.41) is 6.06. The van der Waals surface area contributed by atoms with Crippen LogP contribution < -0.4 is 45.6 Å². The van der Waals surface area contributed by atoms with Gasteiger partial charge in [0, 0.05) is 0 Å². The first-order valence-electron chi connectivity index (χ1n) is 30.0. The first-order valence-corrected chi connectivity index (χ1v) is 40.3. The van der Waals surface area contributed by atoms with Crippen LogP contribution in [-0.2, 0) is 81.2 Å². The topological polar surface area (TPSA) is 0 Å². The van der Waals surface area contributed by atoms with Crippen LogP contribution in [0.3, 0.4) is 0 Å². The van der Waals surface area contributed by atoms with Gasteiger partial charge in [-0.1, -0.05) is 143 Å². The number of allylic oxidation sites excluding steroid dienone is 8. The molecule has 8 aromatic rings. The van der Waals surface area contributed by atoms with Gasteiger partial charge in [0.1, 0.15) is 0 Å². The van der Waals surface area contributed by atoms with Crippen molar-refractivity contribution in [3.8, 4) is 22.3 Å². The number of halogens is 2. The molecule has 8 aromatic carbocycles. The molecule has 0 N–H and O–H groups in total. The minimum absolute atomic E-state index is 0. The Kier molecular flexibility index (Phi) is 27.1. The first-order chi connectivity index (χ1) is 39.7. The van der Waals surface area contributed by atoms with Crippen LogP contribution in [0.4, 0.5) is 0 Å². The molecule has 0 heterocycles. The molecular formula is C80H88Cl2Si2Zr2-2. The number of aryl methyl sites for hydroxylation is 4. The van der Waals surface area contributed by atoms with Crippen molar-refractivity contribution >= 4 is 31.6 Å². The standard InChI is InChI=1S/2C23H29.2C12H10Si.2C5H5.2ClH.2Zr/c2*1-14-9-16-11-17-10-15(2)21(23(6,7)8)13-19(17)18(16)12-20(14)22(3,4)5;2*1-3-7-11(8-4-1)13-12-9-5-2-6-10-12;2*1-2-4-5-3-1;;;;/h2*9,12-13H,11H2,1-8H3;2*1-10H;2*1-3H,4H2;2*1H;;/q2*-1;;;2*-1;;;2*+2/p-2. The predicted octanol–water partition coefficient (Wildman–Crippen LogP) is 11.8. The van der Waals surface area contributed by atoms with Crippen molar-refractivity contribution in [2.24, 2.45) is 0 Å². The Bertz CT molecular complexity index is 3210. The normalized spacial score (nSPS) is 12.7. The van der Waals surface area contributed by atoms with E-state index >= 15 is 0 Å². The summed E-state index contributed by atoms with van der Waals surface area (Å²) in [6, 6.07) is 65.3. The second-order valence-corrected chi connectivity index (χ2v) is 37.8. The fourth-order valence-electron chi connectivity index (χ4n) is 11.5. The molecule has 86 heavy (non-hydrogen) atoms. The van der Waals surface area contributed by atoms with E-state index in [4.69, 9.17) is 0 Å². The zero-order valence-corrected chi connectivity index (χ0v) is 62.5. The summed E-state index contributed by atoms with van der Waals surface area (Å²) in [4.78, 5) is 0. The van der Waals surface area contributed by atoms with Crippen LogP contribution in [0.1, 0.15) is 163 Å². The zero-order chi connectivity index (χ0) is 61.0. The molecule has 0 aromatic heterocycles. The Balaban J connectivity index is 0.000000200. The Hall–Kier alpha value is -4.50. The van der Waals surface area contributed by atoms with Crippen molar-refractivity contribution < 1.29 is 71.5 Å². The molecule has 4 aliphatic rings. The second kappa shape index (κ2) is 32.3. The van der Waals surface area contributed by atoms with Gasteiger partial charge in [-0.2, -0.15) is 47.5 Å². The zero-order valence-electron chi connectivity index (χ0n) is 54.1. The minimum atomic E-state index is -0.455. The van der Waals surface area contributed by atoms with Crippen LogP contribution in [0.2, 0.25) is 0 Å². The second-order valence-electron chi connectivity index (χ2n) is 26.6. The van der Waals surface area contributed by atoms with Gasteiger partial charge in [0.15, 0.2) is 0 Å². The molecule has 0 amide bonds. The van der Waals surface area contributed by atoms with Crippen LogP contribution >= 0.6 is 0 Å². The third kappa shape index (κ3) is 19.7. The molecule has 440 valence electrons. The summed E-state index contributed by atoms with van der Waals surface area (Å²) < 4.78 is 0. The first kappa shape index (κ1) is 72.2. The Labute approximate surface area is 563 Å². The molecule has 0 aliphatic heterocycles. The van der Waals surface area contributed by atoms with Crippen molar-refractivity contribution in [1.82, 2.24) is 0 Å². The van der Waals surface area contributed by atoms with Gasteiger partial charge in [-0.25, -0.2) is 24.3 Å². The van der Waals surface area contributed by atoms with Gasteiger partial charge in [-0.3, -0.25) is 12.2 Å². The van der Waals surface area contributed by atoms with Gasteiger partial charge in [0.2, 0.25) is 0 Å². The molecule has 0 unspecified atom stereocenters. The SMILES string of the molecule is Cc1[c-]c2c(cc1C(C)(C)C)-c1cc(C(C)(C)C)c(C)cc1C2.Cc1[c-]c2c(cc1C(C)(C)C)-c1cc(C(C)(C)C)c(C)cc1C2.[C-]1=CC=CC1.[C-]1=CC=CC1.[Cl-].[Cl-].[Zr+2]=[Si](c1ccccc1)c1ccccc1.[Zr+2]=[Si](c1ccccc1)c1ccccc1. The van der Waals surface area contributed by atoms with E-state index in [1.807, 2.05) is 24.3 Å². The van der Waals surface area contributed by atoms with Crippen molar-refractivity contribution in [3.63, 3.8) is 0 Å². The van der Waals surface area contributed by atoms with Crippen LogP contribution in [0.15, 0.2) is 194 Å². The summed E-state index contributed by atoms with van der Waals surface area (Å²) in [6.07, 6.45) is 22.1. The average Bonchev–Trinajstić information content (AvgIpc) is 1.73. The van der Waals surface area contributed by atoms with Gasteiger partial charge in [-0.05, 0) is 70.9 Å². The molecule has 0 bridgehead atoms. The van der Waals surface area contributed by atoms with E-state index in [0.717, 1.165) is 25.7 Å². The third-order valence-electron chi connectivity index (χ3n) is 15.6. The molecule has 0 fully saturated rings. The Morgan fingerprint density at radius 1 is 0.360 bits per heavy atom. The summed E-state index contributed by atoms with van der Waals surface area (Å²) in [7, 11) is 0. The quantitative estimate of drug-likeness (QED) is 0.122. The Morgan fingerprint density at radius 3 is 0.849 bits per heavy atom. The van der Waals surface area contributed by atoms with Crippen molar-refractivity contribution in [3.05, 3.63) is 285 Å². The number of rotatable bonds is 4. The predicted molar refractivity (Wildman–Crippen MR) is 360 cm³/mol. The number of hydrogen-bond acceptors (Lipinski definition) is 0. The number of benzene rings is 8. The molecule has 6 heteroatoms. The van der Waals surface area contributed by atoms with Gasteiger partial charge in [0.25, 0.3) is 0 Å². The molecule has 0 saturated carbocycles. The summed E-state index contributed by atoms with van der Waals surface area (Å²) >= 11 is 3.29. The van der Waals surface area contributed by atoms with Crippen LogP contribution in [0.25, 0.3) is 22.3 Å². The van der Waals surface area contributed by atoms with Crippen molar-refractivity contribution in [1.29, 1.82) is 0 Å². The monoisotopic (exact) mass is 1350 g/mol. The van der Waals surface area contributed by atoms with Gasteiger partial charge >= 0.3 is 200 Å². The molecule has 12 rings (SSSR count). The number of hydrogen-bond donors (Lipinski definition) is 0. The maximum absolute atomic E-state index is 3.69. The van der Waals surface area contributed by atoms with E-state index < -0.39 is 10.9 Å². The van der Waals surface area contributed by atoms with Crippen LogP contribution in [0, 0.1) is 52.0 Å². The van der Waals surface area contributed by atoms with E-state index in [-0.39, 0.29) is 46.5 Å². The van der Waals surface area contributed by atoms with Crippen molar-refractivity contribution in [2.45, 2.75) is 158 Å². The van der Waals surface area contributed by atoms with Gasteiger partial charge in [0.05, 0.1) is 0 Å². The fourth-order valence-corrected chi connectivity index (χ4v) is 19.2. The van der Waals surface area contributed by atoms with E-state index in [1.165, 1.54) is 110 Å². The Morgan fingerprint density at radius 2 is 0.628 bits per heavy atom. The van der Waals surface area contributed by atoms with E-state index in [0.29, 0.717) is 0 Å². The maximum atomic E-state index is 3.69. The third-order valence-corrected chi connectivity index (χ3v) is 27.7. The molecule has 4 aliphatic carbocycles. The van der Waals surface area contributed by atoms with Crippen LogP contribution in [-0.4, -0.2) is 10.9 Å². The molecule has 0 nitrogen and oxygen atoms in total. The van der Waals surface area contributed by atoms with E-state index in [2.05, 4.69) is 305 Å². The molecule has 0 atom stereocenters. The molecule has 0 saturated heterocycles.